The van der Waals surface area contributed by atoms with Crippen molar-refractivity contribution in [3.63, 3.8) is 0 Å². The largest absolute Gasteiger partial charge is 0.478 e. The maximum Gasteiger partial charge on any atom is 0.335 e. The fourth-order valence-electron chi connectivity index (χ4n) is 3.49. The molecule has 8 heteroatoms. The summed E-state index contributed by atoms with van der Waals surface area (Å²) in [5.74, 6) is -1.70. The molecule has 3 rings (SSSR count). The number of carbonyl (C=O) groups excluding carboxylic acids is 1. The third-order valence-electron chi connectivity index (χ3n) is 4.67. The van der Waals surface area contributed by atoms with Crippen molar-refractivity contribution in [2.45, 2.75) is 31.3 Å². The van der Waals surface area contributed by atoms with Gasteiger partial charge in [-0.1, -0.05) is 12.8 Å². The van der Waals surface area contributed by atoms with Gasteiger partial charge in [-0.2, -0.15) is 0 Å². The standard InChI is InChI=1S/C16H18N2O6/c19-14(17-5-6-24-16(10-17)3-1-2-4-16)11-7-12(15(20)21)9-13(8-11)18(22)23/h7-9H,1-6,10H2,(H,20,21). The molecule has 1 aromatic rings. The van der Waals surface area contributed by atoms with E-state index in [4.69, 9.17) is 9.84 Å². The van der Waals surface area contributed by atoms with Crippen molar-refractivity contribution in [2.24, 2.45) is 0 Å². The second-order valence-electron chi connectivity index (χ2n) is 6.30. The molecule has 1 saturated carbocycles. The number of amides is 1. The highest BCUT2D eigenvalue weighted by Gasteiger charge is 2.40. The minimum absolute atomic E-state index is 0.0247. The fraction of sp³-hybridized carbons (Fsp3) is 0.500. The lowest BCUT2D eigenvalue weighted by Crippen LogP contribution is -2.52. The van der Waals surface area contributed by atoms with Gasteiger partial charge in [0.25, 0.3) is 11.6 Å². The molecule has 0 atom stereocenters. The number of benzene rings is 1. The Kier molecular flexibility index (Phi) is 4.23. The van der Waals surface area contributed by atoms with Crippen molar-refractivity contribution in [2.75, 3.05) is 19.7 Å². The Bertz CT molecular complexity index is 664. The summed E-state index contributed by atoms with van der Waals surface area (Å²) in [4.78, 5) is 35.8. The van der Waals surface area contributed by atoms with Gasteiger partial charge in [-0.25, -0.2) is 4.79 Å². The van der Waals surface area contributed by atoms with Crippen LogP contribution in [0.3, 0.4) is 0 Å². The SMILES string of the molecule is O=C(O)c1cc(C(=O)N2CCOC3(CCCC3)C2)cc([N+](=O)[O-])c1. The van der Waals surface area contributed by atoms with Crippen LogP contribution in [-0.2, 0) is 4.74 Å². The molecular formula is C16H18N2O6. The van der Waals surface area contributed by atoms with Crippen LogP contribution in [0.4, 0.5) is 5.69 Å². The van der Waals surface area contributed by atoms with Crippen LogP contribution in [0.25, 0.3) is 0 Å². The maximum atomic E-state index is 12.7. The highest BCUT2D eigenvalue weighted by molar-refractivity contribution is 5.98. The predicted molar refractivity (Wildman–Crippen MR) is 83.1 cm³/mol. The van der Waals surface area contributed by atoms with Gasteiger partial charge in [-0.05, 0) is 18.9 Å². The van der Waals surface area contributed by atoms with E-state index >= 15 is 0 Å². The molecule has 24 heavy (non-hydrogen) atoms. The van der Waals surface area contributed by atoms with Crippen molar-refractivity contribution in [3.8, 4) is 0 Å². The van der Waals surface area contributed by atoms with Gasteiger partial charge < -0.3 is 14.7 Å². The monoisotopic (exact) mass is 334 g/mol. The number of rotatable bonds is 3. The van der Waals surface area contributed by atoms with Gasteiger partial charge in [0.2, 0.25) is 0 Å². The smallest absolute Gasteiger partial charge is 0.335 e. The van der Waals surface area contributed by atoms with Crippen molar-refractivity contribution in [1.82, 2.24) is 4.90 Å². The van der Waals surface area contributed by atoms with Crippen LogP contribution in [0.5, 0.6) is 0 Å². The molecule has 1 N–H and O–H groups in total. The molecule has 0 aromatic heterocycles. The zero-order valence-electron chi connectivity index (χ0n) is 13.1. The fourth-order valence-corrected chi connectivity index (χ4v) is 3.49. The quantitative estimate of drug-likeness (QED) is 0.669. The van der Waals surface area contributed by atoms with Crippen molar-refractivity contribution >= 4 is 17.6 Å². The van der Waals surface area contributed by atoms with Crippen molar-refractivity contribution < 1.29 is 24.4 Å². The average molecular weight is 334 g/mol. The number of hydrogen-bond donors (Lipinski definition) is 1. The Hall–Kier alpha value is -2.48. The van der Waals surface area contributed by atoms with Crippen LogP contribution in [0.2, 0.25) is 0 Å². The first-order valence-electron chi connectivity index (χ1n) is 7.86. The van der Waals surface area contributed by atoms with E-state index in [0.29, 0.717) is 19.7 Å². The molecule has 1 amide bonds. The molecule has 1 heterocycles. The number of nitro groups is 1. The van der Waals surface area contributed by atoms with E-state index in [1.165, 1.54) is 6.07 Å². The maximum absolute atomic E-state index is 12.7. The molecule has 1 aromatic carbocycles. The third kappa shape index (κ3) is 3.09. The lowest BCUT2D eigenvalue weighted by molar-refractivity contribution is -0.384. The minimum atomic E-state index is -1.30. The number of non-ortho nitro benzene ring substituents is 1. The molecule has 2 fully saturated rings. The molecule has 1 aliphatic carbocycles. The number of nitrogens with zero attached hydrogens (tertiary/aromatic N) is 2. The molecule has 1 aliphatic heterocycles. The topological polar surface area (TPSA) is 110 Å². The zero-order chi connectivity index (χ0) is 17.3. The van der Waals surface area contributed by atoms with Gasteiger partial charge in [0, 0.05) is 24.2 Å². The predicted octanol–water partition coefficient (Wildman–Crippen LogP) is 2.08. The highest BCUT2D eigenvalue weighted by Crippen LogP contribution is 2.36. The third-order valence-corrected chi connectivity index (χ3v) is 4.67. The molecule has 2 aliphatic rings. The highest BCUT2D eigenvalue weighted by atomic mass is 16.6. The first-order chi connectivity index (χ1) is 11.4. The second kappa shape index (κ2) is 6.20. The normalized spacial score (nSPS) is 19.4. The molecular weight excluding hydrogens is 316 g/mol. The van der Waals surface area contributed by atoms with Crippen molar-refractivity contribution in [1.29, 1.82) is 0 Å². The first-order valence-corrected chi connectivity index (χ1v) is 7.86. The minimum Gasteiger partial charge on any atom is -0.478 e. The summed E-state index contributed by atoms with van der Waals surface area (Å²) in [5.41, 5.74) is -0.959. The number of carboxylic acids is 1. The Balaban J connectivity index is 1.88. The molecule has 0 unspecified atom stereocenters. The molecule has 0 radical (unpaired) electrons. The molecule has 1 saturated heterocycles. The number of ether oxygens (including phenoxy) is 1. The summed E-state index contributed by atoms with van der Waals surface area (Å²) in [6.07, 6.45) is 3.90. The van der Waals surface area contributed by atoms with Crippen molar-refractivity contribution in [3.05, 3.63) is 39.4 Å². The number of morpholine rings is 1. The van der Waals surface area contributed by atoms with Gasteiger partial charge in [0.05, 0.1) is 29.2 Å². The van der Waals surface area contributed by atoms with E-state index in [9.17, 15) is 19.7 Å². The zero-order valence-corrected chi connectivity index (χ0v) is 13.1. The van der Waals surface area contributed by atoms with Gasteiger partial charge in [0.15, 0.2) is 0 Å². The molecule has 128 valence electrons. The van der Waals surface area contributed by atoms with Crippen LogP contribution in [0, 0.1) is 10.1 Å². The van der Waals surface area contributed by atoms with Crippen LogP contribution in [0.15, 0.2) is 18.2 Å². The lowest BCUT2D eigenvalue weighted by atomic mass is 9.99. The number of nitro benzene ring substituents is 1. The summed E-state index contributed by atoms with van der Waals surface area (Å²) in [5, 5.41) is 20.1. The molecule has 8 nitrogen and oxygen atoms in total. The van der Waals surface area contributed by atoms with Gasteiger partial charge in [0.1, 0.15) is 0 Å². The van der Waals surface area contributed by atoms with E-state index in [1.54, 1.807) is 4.90 Å². The summed E-state index contributed by atoms with van der Waals surface area (Å²) < 4.78 is 5.87. The van der Waals surface area contributed by atoms with E-state index in [2.05, 4.69) is 0 Å². The number of aromatic carboxylic acids is 1. The number of hydrogen-bond acceptors (Lipinski definition) is 5. The van der Waals surface area contributed by atoms with Crippen LogP contribution in [0.1, 0.15) is 46.4 Å². The van der Waals surface area contributed by atoms with E-state index in [1.807, 2.05) is 0 Å². The molecule has 0 bridgehead atoms. The van der Waals surface area contributed by atoms with E-state index < -0.39 is 22.5 Å². The van der Waals surface area contributed by atoms with Gasteiger partial charge in [-0.15, -0.1) is 0 Å². The second-order valence-corrected chi connectivity index (χ2v) is 6.30. The Morgan fingerprint density at radius 2 is 1.88 bits per heavy atom. The van der Waals surface area contributed by atoms with E-state index in [-0.39, 0.29) is 16.7 Å². The van der Waals surface area contributed by atoms with Crippen LogP contribution < -0.4 is 0 Å². The summed E-state index contributed by atoms with van der Waals surface area (Å²) in [7, 11) is 0. The lowest BCUT2D eigenvalue weighted by Gasteiger charge is -2.40. The number of carbonyl (C=O) groups is 2. The summed E-state index contributed by atoms with van der Waals surface area (Å²) in [6.45, 7) is 1.26. The summed E-state index contributed by atoms with van der Waals surface area (Å²) in [6, 6.07) is 3.27. The van der Waals surface area contributed by atoms with E-state index in [0.717, 1.165) is 37.8 Å². The Labute approximate surface area is 138 Å². The molecule has 1 spiro atoms. The van der Waals surface area contributed by atoms with Gasteiger partial charge in [-0.3, -0.25) is 14.9 Å². The van der Waals surface area contributed by atoms with Crippen LogP contribution >= 0.6 is 0 Å². The van der Waals surface area contributed by atoms with Crippen LogP contribution in [-0.4, -0.2) is 52.1 Å². The average Bonchev–Trinajstić information content (AvgIpc) is 3.01. The Morgan fingerprint density at radius 3 is 2.50 bits per heavy atom. The number of carboxylic acid groups (broad SMARTS) is 1. The Morgan fingerprint density at radius 1 is 1.21 bits per heavy atom. The van der Waals surface area contributed by atoms with Gasteiger partial charge >= 0.3 is 5.97 Å². The first kappa shape index (κ1) is 16.4. The summed E-state index contributed by atoms with van der Waals surface area (Å²) >= 11 is 0.